The fraction of sp³-hybridized carbons (Fsp3) is 0.682. The van der Waals surface area contributed by atoms with E-state index in [0.717, 1.165) is 57.6 Å². The number of carbonyl (C=O) groups is 1. The molecule has 0 saturated carbocycles. The molecule has 0 aromatic carbocycles. The molecule has 8 heteroatoms. The van der Waals surface area contributed by atoms with Crippen LogP contribution in [-0.2, 0) is 4.79 Å². The molecule has 2 saturated heterocycles. The summed E-state index contributed by atoms with van der Waals surface area (Å²) in [6.07, 6.45) is 4.78. The Kier molecular flexibility index (Phi) is 8.74. The van der Waals surface area contributed by atoms with Crippen LogP contribution in [0.5, 0.6) is 0 Å². The van der Waals surface area contributed by atoms with Gasteiger partial charge in [0.25, 0.3) is 0 Å². The summed E-state index contributed by atoms with van der Waals surface area (Å²) >= 11 is 0. The lowest BCUT2D eigenvalue weighted by Crippen LogP contribution is -2.49. The largest absolute Gasteiger partial charge is 0.357 e. The van der Waals surface area contributed by atoms with Gasteiger partial charge in [-0.3, -0.25) is 14.7 Å². The van der Waals surface area contributed by atoms with Crippen molar-refractivity contribution in [3.8, 4) is 0 Å². The van der Waals surface area contributed by atoms with E-state index in [1.165, 1.54) is 19.4 Å². The molecule has 1 aromatic rings. The highest BCUT2D eigenvalue weighted by Gasteiger charge is 2.23. The monoisotopic (exact) mass is 415 g/mol. The summed E-state index contributed by atoms with van der Waals surface area (Å²) in [4.78, 5) is 28.5. The molecule has 0 spiro atoms. The summed E-state index contributed by atoms with van der Waals surface area (Å²) < 4.78 is 0. The van der Waals surface area contributed by atoms with Crippen LogP contribution in [0.25, 0.3) is 0 Å². The van der Waals surface area contributed by atoms with Crippen molar-refractivity contribution in [1.82, 2.24) is 25.4 Å². The number of aromatic nitrogens is 1. The molecule has 0 bridgehead atoms. The number of amides is 1. The molecular formula is C22H37N7O. The van der Waals surface area contributed by atoms with Crippen molar-refractivity contribution in [3.63, 3.8) is 0 Å². The van der Waals surface area contributed by atoms with Crippen molar-refractivity contribution < 1.29 is 4.79 Å². The van der Waals surface area contributed by atoms with E-state index in [9.17, 15) is 4.79 Å². The SMILES string of the molecule is CCNC(=NCC1CCCN1CC)NCCC(=O)N1CCN(c2ccccn2)CC1. The summed E-state index contributed by atoms with van der Waals surface area (Å²) in [7, 11) is 0. The number of hydrogen-bond donors (Lipinski definition) is 2. The van der Waals surface area contributed by atoms with Gasteiger partial charge in [0.15, 0.2) is 5.96 Å². The first kappa shape index (κ1) is 22.3. The number of nitrogens with one attached hydrogen (secondary N) is 2. The van der Waals surface area contributed by atoms with Gasteiger partial charge < -0.3 is 20.4 Å². The number of nitrogens with zero attached hydrogens (tertiary/aromatic N) is 5. The maximum Gasteiger partial charge on any atom is 0.224 e. The second kappa shape index (κ2) is 11.7. The molecule has 3 heterocycles. The zero-order valence-corrected chi connectivity index (χ0v) is 18.5. The number of likely N-dealkylation sites (N-methyl/N-ethyl adjacent to an activating group) is 1. The molecule has 166 valence electrons. The van der Waals surface area contributed by atoms with E-state index in [-0.39, 0.29) is 5.91 Å². The number of hydrogen-bond acceptors (Lipinski definition) is 5. The predicted octanol–water partition coefficient (Wildman–Crippen LogP) is 1.16. The fourth-order valence-corrected chi connectivity index (χ4v) is 4.23. The van der Waals surface area contributed by atoms with Gasteiger partial charge >= 0.3 is 0 Å². The highest BCUT2D eigenvalue weighted by Crippen LogP contribution is 2.16. The average Bonchev–Trinajstić information content (AvgIpc) is 3.25. The van der Waals surface area contributed by atoms with E-state index >= 15 is 0 Å². The molecule has 2 aliphatic heterocycles. The van der Waals surface area contributed by atoms with Crippen LogP contribution in [0, 0.1) is 0 Å². The van der Waals surface area contributed by atoms with Gasteiger partial charge in [-0.15, -0.1) is 0 Å². The third kappa shape index (κ3) is 6.32. The van der Waals surface area contributed by atoms with Gasteiger partial charge in [-0.05, 0) is 45.0 Å². The number of pyridine rings is 1. The van der Waals surface area contributed by atoms with Gasteiger partial charge in [0.05, 0.1) is 6.54 Å². The van der Waals surface area contributed by atoms with Crippen LogP contribution in [0.2, 0.25) is 0 Å². The third-order valence-electron chi connectivity index (χ3n) is 5.95. The average molecular weight is 416 g/mol. The molecule has 2 aliphatic rings. The van der Waals surface area contributed by atoms with Crippen LogP contribution < -0.4 is 15.5 Å². The zero-order chi connectivity index (χ0) is 21.2. The van der Waals surface area contributed by atoms with Crippen LogP contribution in [0.3, 0.4) is 0 Å². The standard InChI is InChI=1S/C22H37N7O/c1-3-23-22(26-18-19-8-7-13-27(19)4-2)25-12-10-21(30)29-16-14-28(15-17-29)20-9-5-6-11-24-20/h5-6,9,11,19H,3-4,7-8,10,12-18H2,1-2H3,(H2,23,25,26). The first-order valence-corrected chi connectivity index (χ1v) is 11.4. The van der Waals surface area contributed by atoms with Crippen LogP contribution in [0.4, 0.5) is 5.82 Å². The van der Waals surface area contributed by atoms with E-state index in [1.807, 2.05) is 29.3 Å². The smallest absolute Gasteiger partial charge is 0.224 e. The van der Waals surface area contributed by atoms with Gasteiger partial charge in [0.1, 0.15) is 5.82 Å². The number of anilines is 1. The van der Waals surface area contributed by atoms with E-state index < -0.39 is 0 Å². The molecule has 1 atom stereocenters. The number of piperazine rings is 1. The van der Waals surface area contributed by atoms with E-state index in [0.29, 0.717) is 19.0 Å². The fourth-order valence-electron chi connectivity index (χ4n) is 4.23. The molecule has 0 aliphatic carbocycles. The quantitative estimate of drug-likeness (QED) is 0.490. The van der Waals surface area contributed by atoms with Crippen molar-refractivity contribution in [2.24, 2.45) is 4.99 Å². The second-order valence-electron chi connectivity index (χ2n) is 7.88. The maximum absolute atomic E-state index is 12.6. The van der Waals surface area contributed by atoms with E-state index in [4.69, 9.17) is 4.99 Å². The van der Waals surface area contributed by atoms with Gasteiger partial charge in [0, 0.05) is 57.9 Å². The van der Waals surface area contributed by atoms with Crippen LogP contribution >= 0.6 is 0 Å². The van der Waals surface area contributed by atoms with Crippen molar-refractivity contribution in [2.45, 2.75) is 39.2 Å². The molecule has 0 radical (unpaired) electrons. The Morgan fingerprint density at radius 2 is 2.00 bits per heavy atom. The minimum absolute atomic E-state index is 0.201. The predicted molar refractivity (Wildman–Crippen MR) is 122 cm³/mol. The summed E-state index contributed by atoms with van der Waals surface area (Å²) in [6.45, 7) is 11.9. The second-order valence-corrected chi connectivity index (χ2v) is 7.88. The Labute approximate surface area is 180 Å². The van der Waals surface area contributed by atoms with E-state index in [1.54, 1.807) is 0 Å². The van der Waals surface area contributed by atoms with Gasteiger partial charge in [0.2, 0.25) is 5.91 Å². The van der Waals surface area contributed by atoms with Crippen molar-refractivity contribution in [3.05, 3.63) is 24.4 Å². The van der Waals surface area contributed by atoms with Crippen LogP contribution in [-0.4, -0.2) is 91.6 Å². The van der Waals surface area contributed by atoms with Crippen LogP contribution in [0.15, 0.2) is 29.4 Å². The maximum atomic E-state index is 12.6. The van der Waals surface area contributed by atoms with Gasteiger partial charge in [-0.25, -0.2) is 4.98 Å². The molecule has 1 aromatic heterocycles. The Balaban J connectivity index is 1.39. The molecule has 2 N–H and O–H groups in total. The zero-order valence-electron chi connectivity index (χ0n) is 18.5. The van der Waals surface area contributed by atoms with Crippen molar-refractivity contribution >= 4 is 17.7 Å². The Morgan fingerprint density at radius 1 is 1.17 bits per heavy atom. The summed E-state index contributed by atoms with van der Waals surface area (Å²) in [5.74, 6) is 2.00. The molecule has 2 fully saturated rings. The van der Waals surface area contributed by atoms with Gasteiger partial charge in [-0.2, -0.15) is 0 Å². The molecule has 1 amide bonds. The first-order chi connectivity index (χ1) is 14.7. The lowest BCUT2D eigenvalue weighted by atomic mass is 10.2. The molecule has 1 unspecified atom stereocenters. The summed E-state index contributed by atoms with van der Waals surface area (Å²) in [5, 5.41) is 6.63. The highest BCUT2D eigenvalue weighted by atomic mass is 16.2. The van der Waals surface area contributed by atoms with Gasteiger partial charge in [-0.1, -0.05) is 13.0 Å². The highest BCUT2D eigenvalue weighted by molar-refractivity contribution is 5.81. The Bertz CT molecular complexity index is 673. The summed E-state index contributed by atoms with van der Waals surface area (Å²) in [5.41, 5.74) is 0. The minimum atomic E-state index is 0.201. The third-order valence-corrected chi connectivity index (χ3v) is 5.95. The Hall–Kier alpha value is -2.35. The lowest BCUT2D eigenvalue weighted by Gasteiger charge is -2.35. The molecule has 30 heavy (non-hydrogen) atoms. The summed E-state index contributed by atoms with van der Waals surface area (Å²) in [6, 6.07) is 6.49. The number of guanidine groups is 1. The first-order valence-electron chi connectivity index (χ1n) is 11.4. The van der Waals surface area contributed by atoms with Crippen molar-refractivity contribution in [1.29, 1.82) is 0 Å². The number of aliphatic imine (C=N–C) groups is 1. The van der Waals surface area contributed by atoms with E-state index in [2.05, 4.69) is 39.3 Å². The number of rotatable bonds is 8. The minimum Gasteiger partial charge on any atom is -0.357 e. The normalized spacial score (nSPS) is 20.5. The number of likely N-dealkylation sites (tertiary alicyclic amines) is 1. The number of carbonyl (C=O) groups excluding carboxylic acids is 1. The van der Waals surface area contributed by atoms with Crippen molar-refractivity contribution in [2.75, 3.05) is 63.8 Å². The molecular weight excluding hydrogens is 378 g/mol. The topological polar surface area (TPSA) is 76.1 Å². The lowest BCUT2D eigenvalue weighted by molar-refractivity contribution is -0.131. The Morgan fingerprint density at radius 3 is 2.70 bits per heavy atom. The van der Waals surface area contributed by atoms with Crippen LogP contribution in [0.1, 0.15) is 33.1 Å². The molecule has 3 rings (SSSR count). The molecule has 8 nitrogen and oxygen atoms in total.